The van der Waals surface area contributed by atoms with Gasteiger partial charge in [0.2, 0.25) is 0 Å². The topological polar surface area (TPSA) is 79.1 Å². The molecule has 2 heterocycles. The zero-order valence-corrected chi connectivity index (χ0v) is 16.2. The number of ether oxygens (including phenoxy) is 1. The second-order valence-corrected chi connectivity index (χ2v) is 7.66. The average Bonchev–Trinajstić information content (AvgIpc) is 2.64. The number of nitriles is 1. The molecule has 1 aromatic carbocycles. The fourth-order valence-electron chi connectivity index (χ4n) is 2.94. The normalized spacial score (nSPS) is 14.2. The number of rotatable bonds is 1. The fourth-order valence-corrected chi connectivity index (χ4v) is 2.94. The first-order valence-electron chi connectivity index (χ1n) is 8.93. The summed E-state index contributed by atoms with van der Waals surface area (Å²) in [6.07, 6.45) is -4.54. The molecule has 0 bridgehead atoms. The molecule has 0 fully saturated rings. The van der Waals surface area contributed by atoms with E-state index in [1.165, 1.54) is 17.0 Å². The Hall–Kier alpha value is -3.15. The summed E-state index contributed by atoms with van der Waals surface area (Å²) in [6, 6.07) is 6.43. The highest BCUT2D eigenvalue weighted by molar-refractivity contribution is 5.69. The van der Waals surface area contributed by atoms with Gasteiger partial charge < -0.3 is 9.64 Å². The van der Waals surface area contributed by atoms with E-state index in [9.17, 15) is 23.2 Å². The van der Waals surface area contributed by atoms with Gasteiger partial charge in [-0.05, 0) is 39.3 Å². The number of carbonyl (C=O) groups excluding carboxylic acids is 1. The summed E-state index contributed by atoms with van der Waals surface area (Å²) in [6.45, 7) is 5.79. The Bertz CT molecular complexity index is 973. The molecule has 0 unspecified atom stereocenters. The molecule has 0 atom stereocenters. The summed E-state index contributed by atoms with van der Waals surface area (Å²) >= 11 is 0. The van der Waals surface area contributed by atoms with Crippen LogP contribution in [0.25, 0.3) is 11.4 Å². The van der Waals surface area contributed by atoms with Crippen LogP contribution in [0.4, 0.5) is 18.0 Å². The van der Waals surface area contributed by atoms with Crippen LogP contribution in [-0.2, 0) is 23.9 Å². The largest absolute Gasteiger partial charge is 0.444 e. The van der Waals surface area contributed by atoms with Gasteiger partial charge in [0.15, 0.2) is 5.82 Å². The van der Waals surface area contributed by atoms with E-state index < -0.39 is 23.4 Å². The minimum absolute atomic E-state index is 0.134. The number of benzene rings is 1. The standard InChI is InChI=1S/C20H19F3N4O2/c1-19(2,3)29-18(28)27-9-8-14-15(10-24)25-17(26-16(14)11-27)12-4-6-13(7-5-12)20(21,22)23/h4-7H,8-9,11H2,1-3H3. The maximum Gasteiger partial charge on any atom is 0.416 e. The quantitative estimate of drug-likeness (QED) is 0.707. The predicted molar refractivity (Wildman–Crippen MR) is 97.5 cm³/mol. The van der Waals surface area contributed by atoms with Crippen molar-refractivity contribution in [3.8, 4) is 17.5 Å². The Morgan fingerprint density at radius 1 is 1.17 bits per heavy atom. The summed E-state index contributed by atoms with van der Waals surface area (Å²) in [7, 11) is 0. The van der Waals surface area contributed by atoms with Crippen molar-refractivity contribution >= 4 is 6.09 Å². The number of aromatic nitrogens is 2. The Labute approximate surface area is 165 Å². The number of carbonyl (C=O) groups is 1. The Kier molecular flexibility index (Phi) is 5.22. The van der Waals surface area contributed by atoms with Gasteiger partial charge in [-0.15, -0.1) is 0 Å². The van der Waals surface area contributed by atoms with Crippen LogP contribution in [0.2, 0.25) is 0 Å². The molecular weight excluding hydrogens is 385 g/mol. The van der Waals surface area contributed by atoms with Gasteiger partial charge >= 0.3 is 12.3 Å². The first-order chi connectivity index (χ1) is 13.5. The number of hydrogen-bond acceptors (Lipinski definition) is 5. The van der Waals surface area contributed by atoms with Gasteiger partial charge in [0.1, 0.15) is 17.4 Å². The molecule has 1 aliphatic heterocycles. The number of hydrogen-bond donors (Lipinski definition) is 0. The molecule has 0 N–H and O–H groups in total. The highest BCUT2D eigenvalue weighted by Crippen LogP contribution is 2.31. The van der Waals surface area contributed by atoms with Crippen LogP contribution < -0.4 is 0 Å². The lowest BCUT2D eigenvalue weighted by Crippen LogP contribution is -2.40. The zero-order chi connectivity index (χ0) is 21.4. The lowest BCUT2D eigenvalue weighted by Gasteiger charge is -2.31. The third-order valence-electron chi connectivity index (χ3n) is 4.29. The van der Waals surface area contributed by atoms with Crippen molar-refractivity contribution in [3.05, 3.63) is 46.8 Å². The minimum Gasteiger partial charge on any atom is -0.444 e. The van der Waals surface area contributed by atoms with Crippen LogP contribution in [-0.4, -0.2) is 33.1 Å². The fraction of sp³-hybridized carbons (Fsp3) is 0.400. The molecule has 0 radical (unpaired) electrons. The van der Waals surface area contributed by atoms with Gasteiger partial charge in [0.25, 0.3) is 0 Å². The molecule has 0 aliphatic carbocycles. The molecule has 6 nitrogen and oxygen atoms in total. The number of amides is 1. The van der Waals surface area contributed by atoms with Crippen LogP contribution in [0.3, 0.4) is 0 Å². The number of fused-ring (bicyclic) bond motifs is 1. The Morgan fingerprint density at radius 2 is 1.83 bits per heavy atom. The van der Waals surface area contributed by atoms with Crippen LogP contribution in [0.1, 0.15) is 43.3 Å². The van der Waals surface area contributed by atoms with Gasteiger partial charge in [0, 0.05) is 17.7 Å². The van der Waals surface area contributed by atoms with Crippen molar-refractivity contribution in [1.82, 2.24) is 14.9 Å². The summed E-state index contributed by atoms with van der Waals surface area (Å²) in [5.41, 5.74) is 0.217. The van der Waals surface area contributed by atoms with Crippen molar-refractivity contribution in [1.29, 1.82) is 5.26 Å². The van der Waals surface area contributed by atoms with Crippen molar-refractivity contribution in [3.63, 3.8) is 0 Å². The molecule has 1 aromatic heterocycles. The van der Waals surface area contributed by atoms with Gasteiger partial charge in [0.05, 0.1) is 17.8 Å². The molecule has 0 saturated heterocycles. The summed E-state index contributed by atoms with van der Waals surface area (Å²) in [5.74, 6) is 0.139. The molecule has 152 valence electrons. The second-order valence-electron chi connectivity index (χ2n) is 7.66. The van der Waals surface area contributed by atoms with E-state index in [2.05, 4.69) is 9.97 Å². The first-order valence-corrected chi connectivity index (χ1v) is 8.93. The van der Waals surface area contributed by atoms with E-state index in [1.807, 2.05) is 6.07 Å². The molecule has 29 heavy (non-hydrogen) atoms. The third kappa shape index (κ3) is 4.65. The van der Waals surface area contributed by atoms with Crippen LogP contribution in [0, 0.1) is 11.3 Å². The van der Waals surface area contributed by atoms with Gasteiger partial charge in [-0.3, -0.25) is 0 Å². The van der Waals surface area contributed by atoms with Crippen molar-refractivity contribution in [2.75, 3.05) is 6.54 Å². The van der Waals surface area contributed by atoms with E-state index in [1.54, 1.807) is 20.8 Å². The van der Waals surface area contributed by atoms with E-state index in [0.717, 1.165) is 12.1 Å². The van der Waals surface area contributed by atoms with E-state index in [-0.39, 0.29) is 18.1 Å². The Balaban J connectivity index is 1.93. The summed E-state index contributed by atoms with van der Waals surface area (Å²) in [5, 5.41) is 9.45. The second kappa shape index (κ2) is 7.35. The summed E-state index contributed by atoms with van der Waals surface area (Å²) < 4.78 is 43.7. The van der Waals surface area contributed by atoms with Gasteiger partial charge in [-0.2, -0.15) is 18.4 Å². The van der Waals surface area contributed by atoms with E-state index in [0.29, 0.717) is 29.8 Å². The van der Waals surface area contributed by atoms with Crippen LogP contribution >= 0.6 is 0 Å². The monoisotopic (exact) mass is 404 g/mol. The predicted octanol–water partition coefficient (Wildman–Crippen LogP) is 4.33. The Morgan fingerprint density at radius 3 is 2.38 bits per heavy atom. The number of nitrogens with zero attached hydrogens (tertiary/aromatic N) is 4. The molecule has 1 aliphatic rings. The first kappa shape index (κ1) is 20.6. The molecule has 0 spiro atoms. The zero-order valence-electron chi connectivity index (χ0n) is 16.2. The van der Waals surface area contributed by atoms with Crippen molar-refractivity contribution < 1.29 is 22.7 Å². The molecule has 1 amide bonds. The molecule has 2 aromatic rings. The number of alkyl halides is 3. The maximum absolute atomic E-state index is 12.8. The van der Waals surface area contributed by atoms with Gasteiger partial charge in [-0.1, -0.05) is 12.1 Å². The minimum atomic E-state index is -4.44. The lowest BCUT2D eigenvalue weighted by molar-refractivity contribution is -0.137. The molecule has 3 rings (SSSR count). The smallest absolute Gasteiger partial charge is 0.416 e. The third-order valence-corrected chi connectivity index (χ3v) is 4.29. The maximum atomic E-state index is 12.8. The number of halogens is 3. The van der Waals surface area contributed by atoms with Gasteiger partial charge in [-0.25, -0.2) is 14.8 Å². The SMILES string of the molecule is CC(C)(C)OC(=O)N1CCc2c(C#N)nc(-c3ccc(C(F)(F)F)cc3)nc2C1. The van der Waals surface area contributed by atoms with Crippen molar-refractivity contribution in [2.45, 2.75) is 45.5 Å². The van der Waals surface area contributed by atoms with E-state index >= 15 is 0 Å². The van der Waals surface area contributed by atoms with Crippen LogP contribution in [0.5, 0.6) is 0 Å². The lowest BCUT2D eigenvalue weighted by atomic mass is 10.0. The average molecular weight is 404 g/mol. The van der Waals surface area contributed by atoms with E-state index in [4.69, 9.17) is 4.74 Å². The van der Waals surface area contributed by atoms with Crippen LogP contribution in [0.15, 0.2) is 24.3 Å². The van der Waals surface area contributed by atoms with Crippen molar-refractivity contribution in [2.24, 2.45) is 0 Å². The highest BCUT2D eigenvalue weighted by Gasteiger charge is 2.31. The molecular formula is C20H19F3N4O2. The molecule has 0 saturated carbocycles. The summed E-state index contributed by atoms with van der Waals surface area (Å²) in [4.78, 5) is 22.5. The molecule has 9 heteroatoms. The highest BCUT2D eigenvalue weighted by atomic mass is 19.4.